The smallest absolute Gasteiger partial charge is 0.0714 e. The van der Waals surface area contributed by atoms with Gasteiger partial charge < -0.3 is 4.90 Å². The van der Waals surface area contributed by atoms with Crippen molar-refractivity contribution in [3.05, 3.63) is 234 Å². The van der Waals surface area contributed by atoms with E-state index < -0.39 is 5.41 Å². The first-order valence-electron chi connectivity index (χ1n) is 19.7. The van der Waals surface area contributed by atoms with Gasteiger partial charge in [-0.15, -0.1) is 0 Å². The number of benzene rings is 8. The van der Waals surface area contributed by atoms with Gasteiger partial charge in [0.05, 0.1) is 11.1 Å². The molecule has 0 spiro atoms. The van der Waals surface area contributed by atoms with Gasteiger partial charge >= 0.3 is 0 Å². The van der Waals surface area contributed by atoms with Crippen LogP contribution in [-0.2, 0) is 10.8 Å². The fourth-order valence-electron chi connectivity index (χ4n) is 10.2. The number of rotatable bonds is 8. The van der Waals surface area contributed by atoms with Crippen LogP contribution in [0.5, 0.6) is 0 Å². The van der Waals surface area contributed by atoms with E-state index in [-0.39, 0.29) is 5.41 Å². The Morgan fingerprint density at radius 3 is 1.56 bits per heavy atom. The standard InChI is InChI=1S/C54H43N/c1-3-53(4-2)48-31-16-14-29-45(48)47-30-19-33-51(52(47)53)55(42-27-18-22-39(36-42)38-20-8-5-9-21-38)43-34-35-46-44-28-15-17-32-49(44)54(50(46)37-43,40-23-10-6-11-24-40)41-25-12-7-13-26-41/h5-37H,3-4H2,1-2H3. The van der Waals surface area contributed by atoms with E-state index in [0.717, 1.165) is 24.2 Å². The van der Waals surface area contributed by atoms with Gasteiger partial charge in [-0.2, -0.15) is 0 Å². The fraction of sp³-hybridized carbons (Fsp3) is 0.111. The number of fused-ring (bicyclic) bond motifs is 6. The molecule has 264 valence electrons. The van der Waals surface area contributed by atoms with Gasteiger partial charge in [0.2, 0.25) is 0 Å². The molecule has 1 nitrogen and oxygen atoms in total. The molecular formula is C54H43N. The van der Waals surface area contributed by atoms with Crippen molar-refractivity contribution in [1.82, 2.24) is 0 Å². The maximum Gasteiger partial charge on any atom is 0.0714 e. The zero-order valence-corrected chi connectivity index (χ0v) is 31.4. The molecule has 2 aliphatic rings. The van der Waals surface area contributed by atoms with Crippen LogP contribution < -0.4 is 4.90 Å². The molecule has 0 saturated carbocycles. The van der Waals surface area contributed by atoms with Crippen molar-refractivity contribution in [2.45, 2.75) is 37.5 Å². The topological polar surface area (TPSA) is 3.24 Å². The van der Waals surface area contributed by atoms with Crippen LogP contribution in [0.15, 0.2) is 200 Å². The second-order valence-corrected chi connectivity index (χ2v) is 15.0. The molecule has 8 aromatic rings. The fourth-order valence-corrected chi connectivity index (χ4v) is 10.2. The van der Waals surface area contributed by atoms with Gasteiger partial charge in [-0.25, -0.2) is 0 Å². The van der Waals surface area contributed by atoms with Crippen LogP contribution in [0.4, 0.5) is 17.1 Å². The van der Waals surface area contributed by atoms with E-state index in [1.165, 1.54) is 72.4 Å². The Hall–Kier alpha value is -6.44. The summed E-state index contributed by atoms with van der Waals surface area (Å²) in [6.07, 6.45) is 2.04. The van der Waals surface area contributed by atoms with Gasteiger partial charge in [0.25, 0.3) is 0 Å². The number of hydrogen-bond donors (Lipinski definition) is 0. The minimum atomic E-state index is -0.493. The first-order chi connectivity index (χ1) is 27.2. The summed E-state index contributed by atoms with van der Waals surface area (Å²) in [4.78, 5) is 2.56. The third kappa shape index (κ3) is 4.86. The molecule has 0 fully saturated rings. The van der Waals surface area contributed by atoms with Crippen molar-refractivity contribution in [1.29, 1.82) is 0 Å². The van der Waals surface area contributed by atoms with Crippen LogP contribution >= 0.6 is 0 Å². The number of nitrogens with zero attached hydrogens (tertiary/aromatic N) is 1. The normalized spacial score (nSPS) is 14.1. The maximum absolute atomic E-state index is 2.56. The molecule has 0 amide bonds. The van der Waals surface area contributed by atoms with E-state index in [0.29, 0.717) is 0 Å². The molecule has 0 saturated heterocycles. The van der Waals surface area contributed by atoms with E-state index in [1.807, 2.05) is 0 Å². The van der Waals surface area contributed by atoms with Crippen molar-refractivity contribution in [3.8, 4) is 33.4 Å². The third-order valence-electron chi connectivity index (χ3n) is 12.6. The first kappa shape index (κ1) is 33.2. The Labute approximate surface area is 325 Å². The van der Waals surface area contributed by atoms with Crippen LogP contribution in [0.2, 0.25) is 0 Å². The van der Waals surface area contributed by atoms with Crippen molar-refractivity contribution in [3.63, 3.8) is 0 Å². The summed E-state index contributed by atoms with van der Waals surface area (Å²) in [7, 11) is 0. The molecule has 2 aliphatic carbocycles. The molecule has 0 radical (unpaired) electrons. The summed E-state index contributed by atoms with van der Waals surface area (Å²) < 4.78 is 0. The second kappa shape index (κ2) is 13.1. The average molecular weight is 706 g/mol. The SMILES string of the molecule is CCC1(CC)c2ccccc2-c2cccc(N(c3cccc(-c4ccccc4)c3)c3ccc4c(c3)C(c3ccccc3)(c3ccccc3)c3ccccc3-4)c21. The Morgan fingerprint density at radius 2 is 0.891 bits per heavy atom. The molecule has 0 N–H and O–H groups in total. The van der Waals surface area contributed by atoms with Gasteiger partial charge in [-0.05, 0) is 110 Å². The van der Waals surface area contributed by atoms with Crippen molar-refractivity contribution >= 4 is 17.1 Å². The molecule has 0 atom stereocenters. The van der Waals surface area contributed by atoms with E-state index in [1.54, 1.807) is 0 Å². The van der Waals surface area contributed by atoms with Gasteiger partial charge in [0, 0.05) is 16.8 Å². The second-order valence-electron chi connectivity index (χ2n) is 15.0. The van der Waals surface area contributed by atoms with Crippen molar-refractivity contribution < 1.29 is 0 Å². The highest BCUT2D eigenvalue weighted by Gasteiger charge is 2.47. The largest absolute Gasteiger partial charge is 0.310 e. The molecular weight excluding hydrogens is 663 g/mol. The van der Waals surface area contributed by atoms with Gasteiger partial charge in [0.15, 0.2) is 0 Å². The van der Waals surface area contributed by atoms with Crippen LogP contribution in [0, 0.1) is 0 Å². The van der Waals surface area contributed by atoms with Gasteiger partial charge in [0.1, 0.15) is 0 Å². The zero-order chi connectivity index (χ0) is 37.0. The summed E-state index contributed by atoms with van der Waals surface area (Å²) in [6, 6.07) is 74.5. The van der Waals surface area contributed by atoms with E-state index in [4.69, 9.17) is 0 Å². The lowest BCUT2D eigenvalue weighted by atomic mass is 9.67. The summed E-state index contributed by atoms with van der Waals surface area (Å²) in [5.41, 5.74) is 18.7. The van der Waals surface area contributed by atoms with Gasteiger partial charge in [-0.3, -0.25) is 0 Å². The summed E-state index contributed by atoms with van der Waals surface area (Å²) >= 11 is 0. The highest BCUT2D eigenvalue weighted by Crippen LogP contribution is 2.60. The molecule has 55 heavy (non-hydrogen) atoms. The third-order valence-corrected chi connectivity index (χ3v) is 12.6. The predicted octanol–water partition coefficient (Wildman–Crippen LogP) is 14.3. The van der Waals surface area contributed by atoms with E-state index in [2.05, 4.69) is 219 Å². The lowest BCUT2D eigenvalue weighted by molar-refractivity contribution is 0.491. The molecule has 0 bridgehead atoms. The number of anilines is 3. The Bertz CT molecular complexity index is 2630. The molecule has 0 heterocycles. The quantitative estimate of drug-likeness (QED) is 0.152. The van der Waals surface area contributed by atoms with Crippen LogP contribution in [-0.4, -0.2) is 0 Å². The molecule has 0 aromatic heterocycles. The van der Waals surface area contributed by atoms with E-state index >= 15 is 0 Å². The Balaban J connectivity index is 1.28. The highest BCUT2D eigenvalue weighted by molar-refractivity contribution is 5.94. The van der Waals surface area contributed by atoms with Crippen molar-refractivity contribution in [2.24, 2.45) is 0 Å². The number of hydrogen-bond acceptors (Lipinski definition) is 1. The van der Waals surface area contributed by atoms with Crippen LogP contribution in [0.3, 0.4) is 0 Å². The molecule has 1 heteroatoms. The lowest BCUT2D eigenvalue weighted by Gasteiger charge is -2.37. The average Bonchev–Trinajstić information content (AvgIpc) is 3.73. The Kier molecular flexibility index (Phi) is 7.92. The molecule has 0 unspecified atom stereocenters. The minimum absolute atomic E-state index is 0.109. The summed E-state index contributed by atoms with van der Waals surface area (Å²) in [6.45, 7) is 4.74. The van der Waals surface area contributed by atoms with Crippen LogP contribution in [0.25, 0.3) is 33.4 Å². The summed E-state index contributed by atoms with van der Waals surface area (Å²) in [5, 5.41) is 0. The molecule has 10 rings (SSSR count). The van der Waals surface area contributed by atoms with Gasteiger partial charge in [-0.1, -0.05) is 184 Å². The van der Waals surface area contributed by atoms with E-state index in [9.17, 15) is 0 Å². The van der Waals surface area contributed by atoms with Crippen LogP contribution in [0.1, 0.15) is 60.1 Å². The molecule has 0 aliphatic heterocycles. The lowest BCUT2D eigenvalue weighted by Crippen LogP contribution is -2.29. The Morgan fingerprint density at radius 1 is 0.382 bits per heavy atom. The maximum atomic E-state index is 2.56. The predicted molar refractivity (Wildman–Crippen MR) is 231 cm³/mol. The monoisotopic (exact) mass is 705 g/mol. The first-order valence-corrected chi connectivity index (χ1v) is 19.7. The molecule has 8 aromatic carbocycles. The zero-order valence-electron chi connectivity index (χ0n) is 31.4. The summed E-state index contributed by atoms with van der Waals surface area (Å²) in [5.74, 6) is 0. The van der Waals surface area contributed by atoms with Crippen molar-refractivity contribution in [2.75, 3.05) is 4.90 Å². The highest BCUT2D eigenvalue weighted by atomic mass is 15.1. The minimum Gasteiger partial charge on any atom is -0.310 e.